The van der Waals surface area contributed by atoms with Gasteiger partial charge < -0.3 is 10.6 Å². The van der Waals surface area contributed by atoms with Crippen LogP contribution in [0.25, 0.3) is 5.82 Å². The molecule has 0 fully saturated rings. The average molecular weight is 512 g/mol. The Hall–Kier alpha value is -3.96. The van der Waals surface area contributed by atoms with Crippen LogP contribution in [0.4, 0.5) is 11.5 Å². The van der Waals surface area contributed by atoms with Crippen molar-refractivity contribution in [3.63, 3.8) is 0 Å². The van der Waals surface area contributed by atoms with Crippen LogP contribution >= 0.6 is 23.2 Å². The molecular formula is C22H19Cl2N9O2. The van der Waals surface area contributed by atoms with Gasteiger partial charge >= 0.3 is 0 Å². The Morgan fingerprint density at radius 3 is 2.89 bits per heavy atom. The lowest BCUT2D eigenvalue weighted by atomic mass is 10.0. The summed E-state index contributed by atoms with van der Waals surface area (Å²) in [4.78, 5) is 15.2. The van der Waals surface area contributed by atoms with Gasteiger partial charge in [0, 0.05) is 22.8 Å². The zero-order chi connectivity index (χ0) is 24.4. The molecule has 2 aromatic heterocycles. The van der Waals surface area contributed by atoms with Crippen LogP contribution in [0.3, 0.4) is 0 Å². The number of nitrogen functional groups attached to an aromatic ring is 1. The number of nitrogens with one attached hydrogen (secondary N) is 1. The topological polar surface area (TPSA) is 140 Å². The third-order valence-electron chi connectivity index (χ3n) is 5.55. The van der Waals surface area contributed by atoms with Crippen LogP contribution in [0.5, 0.6) is 0 Å². The number of benzene rings is 2. The van der Waals surface area contributed by atoms with Gasteiger partial charge in [-0.1, -0.05) is 52.7 Å². The highest BCUT2D eigenvalue weighted by molar-refractivity contribution is 6.36. The van der Waals surface area contributed by atoms with Crippen LogP contribution in [0.2, 0.25) is 10.0 Å². The van der Waals surface area contributed by atoms with E-state index in [0.29, 0.717) is 27.8 Å². The van der Waals surface area contributed by atoms with E-state index in [1.165, 1.54) is 16.5 Å². The van der Waals surface area contributed by atoms with Gasteiger partial charge in [0.05, 0.1) is 23.5 Å². The van der Waals surface area contributed by atoms with Crippen LogP contribution in [0, 0.1) is 0 Å². The van der Waals surface area contributed by atoms with Crippen LogP contribution in [-0.4, -0.2) is 44.0 Å². The van der Waals surface area contributed by atoms with Crippen molar-refractivity contribution in [2.75, 3.05) is 17.2 Å². The fraction of sp³-hybridized carbons (Fsp3) is 0.182. The smallest absolute Gasteiger partial charge is 0.293 e. The molecule has 1 aliphatic heterocycles. The van der Waals surface area contributed by atoms with E-state index in [4.69, 9.17) is 33.6 Å². The first-order valence-corrected chi connectivity index (χ1v) is 11.4. The van der Waals surface area contributed by atoms with Crippen molar-refractivity contribution in [1.29, 1.82) is 0 Å². The molecule has 3 N–H and O–H groups in total. The minimum absolute atomic E-state index is 0.0255. The molecule has 0 spiro atoms. The lowest BCUT2D eigenvalue weighted by Crippen LogP contribution is -2.31. The normalized spacial score (nSPS) is 13.3. The molecule has 1 amide bonds. The molecule has 0 bridgehead atoms. The lowest BCUT2D eigenvalue weighted by Gasteiger charge is -2.31. The summed E-state index contributed by atoms with van der Waals surface area (Å²) < 4.78 is 6.09. The quantitative estimate of drug-likeness (QED) is 0.296. The number of amides is 1. The average Bonchev–Trinajstić information content (AvgIpc) is 3.46. The molecule has 0 saturated heterocycles. The molecule has 178 valence electrons. The van der Waals surface area contributed by atoms with Gasteiger partial charge in [-0.2, -0.15) is 9.78 Å². The zero-order valence-electron chi connectivity index (χ0n) is 18.2. The molecule has 11 nitrogen and oxygen atoms in total. The number of hydrazone groups is 1. The summed E-state index contributed by atoms with van der Waals surface area (Å²) in [5.41, 5.74) is 11.8. The minimum Gasteiger partial charge on any atom is -0.378 e. The summed E-state index contributed by atoms with van der Waals surface area (Å²) >= 11 is 12.1. The second-order valence-electron chi connectivity index (χ2n) is 7.79. The van der Waals surface area contributed by atoms with Crippen LogP contribution in [0.1, 0.15) is 33.7 Å². The standard InChI is InChI=1S/C22H19Cl2N9O2/c23-15-8-7-14(16(24)10-15)11-26-28-22(34)19-18(33(31-27-19)21-20(25)29-35-30-21)12-32-9-3-5-13-4-1-2-6-17(13)32/h1-2,4,6-8,10-11H,3,5,9,12H2,(H2,25,29)(H,28,34)/b26-11-. The summed E-state index contributed by atoms with van der Waals surface area (Å²) in [6.45, 7) is 1.12. The molecule has 4 aromatic rings. The van der Waals surface area contributed by atoms with Crippen molar-refractivity contribution >= 4 is 46.8 Å². The number of hydrogen-bond donors (Lipinski definition) is 2. The van der Waals surface area contributed by atoms with Crippen LogP contribution < -0.4 is 16.1 Å². The van der Waals surface area contributed by atoms with Gasteiger partial charge in [-0.05, 0) is 46.9 Å². The molecule has 0 radical (unpaired) electrons. The number of fused-ring (bicyclic) bond motifs is 1. The number of halogens is 2. The van der Waals surface area contributed by atoms with Crippen LogP contribution in [-0.2, 0) is 13.0 Å². The number of hydrogen-bond acceptors (Lipinski definition) is 9. The van der Waals surface area contributed by atoms with Gasteiger partial charge in [-0.25, -0.2) is 10.1 Å². The van der Waals surface area contributed by atoms with Crippen LogP contribution in [0.15, 0.2) is 52.2 Å². The monoisotopic (exact) mass is 511 g/mol. The van der Waals surface area contributed by atoms with E-state index in [2.05, 4.69) is 48.2 Å². The molecule has 13 heteroatoms. The third-order valence-corrected chi connectivity index (χ3v) is 6.12. The van der Waals surface area contributed by atoms with Crippen molar-refractivity contribution in [2.24, 2.45) is 5.10 Å². The molecule has 3 heterocycles. The molecular weight excluding hydrogens is 493 g/mol. The third kappa shape index (κ3) is 4.68. The van der Waals surface area contributed by atoms with E-state index in [9.17, 15) is 4.79 Å². The first-order chi connectivity index (χ1) is 17.0. The van der Waals surface area contributed by atoms with Gasteiger partial charge in [0.1, 0.15) is 0 Å². The predicted octanol–water partition coefficient (Wildman–Crippen LogP) is 3.26. The Morgan fingerprint density at radius 1 is 1.23 bits per heavy atom. The highest BCUT2D eigenvalue weighted by Crippen LogP contribution is 2.29. The maximum absolute atomic E-state index is 13.0. The fourth-order valence-electron chi connectivity index (χ4n) is 3.90. The van der Waals surface area contributed by atoms with Crippen molar-refractivity contribution in [2.45, 2.75) is 19.4 Å². The van der Waals surface area contributed by atoms with Gasteiger partial charge in [-0.15, -0.1) is 5.10 Å². The molecule has 35 heavy (non-hydrogen) atoms. The van der Waals surface area contributed by atoms with E-state index >= 15 is 0 Å². The van der Waals surface area contributed by atoms with E-state index in [1.807, 2.05) is 12.1 Å². The SMILES string of the molecule is Nc1nonc1-n1nnc(C(=O)N/N=C\c2ccc(Cl)cc2Cl)c1CN1CCCc2ccccc21. The number of aromatic nitrogens is 5. The highest BCUT2D eigenvalue weighted by atomic mass is 35.5. The Morgan fingerprint density at radius 2 is 2.09 bits per heavy atom. The highest BCUT2D eigenvalue weighted by Gasteiger charge is 2.27. The number of carbonyl (C=O) groups excluding carboxylic acids is 1. The number of carbonyl (C=O) groups is 1. The summed E-state index contributed by atoms with van der Waals surface area (Å²) in [5, 5.41) is 20.5. The molecule has 0 saturated carbocycles. The number of rotatable bonds is 6. The summed E-state index contributed by atoms with van der Waals surface area (Å²) in [6, 6.07) is 13.1. The van der Waals surface area contributed by atoms with Crippen molar-refractivity contribution < 1.29 is 9.42 Å². The lowest BCUT2D eigenvalue weighted by molar-refractivity contribution is 0.0949. The van der Waals surface area contributed by atoms with E-state index < -0.39 is 5.91 Å². The van der Waals surface area contributed by atoms with Gasteiger partial charge in [0.15, 0.2) is 5.69 Å². The Balaban J connectivity index is 1.45. The number of aryl methyl sites for hydroxylation is 1. The number of para-hydroxylation sites is 1. The number of anilines is 2. The molecule has 2 aromatic carbocycles. The first-order valence-electron chi connectivity index (χ1n) is 10.7. The molecule has 0 unspecified atom stereocenters. The summed E-state index contributed by atoms with van der Waals surface area (Å²) in [6.07, 6.45) is 3.38. The molecule has 1 aliphatic rings. The van der Waals surface area contributed by atoms with Crippen molar-refractivity contribution in [3.8, 4) is 5.82 Å². The summed E-state index contributed by atoms with van der Waals surface area (Å²) in [7, 11) is 0. The fourth-order valence-corrected chi connectivity index (χ4v) is 4.36. The van der Waals surface area contributed by atoms with Gasteiger partial charge in [0.2, 0.25) is 11.6 Å². The van der Waals surface area contributed by atoms with Crippen molar-refractivity contribution in [3.05, 3.63) is 75.0 Å². The minimum atomic E-state index is -0.562. The predicted molar refractivity (Wildman–Crippen MR) is 131 cm³/mol. The zero-order valence-corrected chi connectivity index (χ0v) is 19.7. The maximum atomic E-state index is 13.0. The van der Waals surface area contributed by atoms with E-state index in [-0.39, 0.29) is 17.3 Å². The van der Waals surface area contributed by atoms with E-state index in [1.54, 1.807) is 18.2 Å². The maximum Gasteiger partial charge on any atom is 0.293 e. The Labute approximate surface area is 209 Å². The van der Waals surface area contributed by atoms with Crippen molar-refractivity contribution in [1.82, 2.24) is 30.7 Å². The largest absolute Gasteiger partial charge is 0.378 e. The van der Waals surface area contributed by atoms with Gasteiger partial charge in [-0.3, -0.25) is 4.79 Å². The second-order valence-corrected chi connectivity index (χ2v) is 8.63. The molecule has 0 atom stereocenters. The molecule has 0 aliphatic carbocycles. The number of nitrogens with two attached hydrogens (primary N) is 1. The van der Waals surface area contributed by atoms with E-state index in [0.717, 1.165) is 25.1 Å². The Kier molecular flexibility index (Phi) is 6.34. The second kappa shape index (κ2) is 9.72. The number of nitrogens with zero attached hydrogens (tertiary/aromatic N) is 7. The Bertz CT molecular complexity index is 1420. The summed E-state index contributed by atoms with van der Waals surface area (Å²) in [5.74, 6) is -0.390. The first kappa shape index (κ1) is 22.8. The van der Waals surface area contributed by atoms with Gasteiger partial charge in [0.25, 0.3) is 5.91 Å². The molecule has 5 rings (SSSR count).